The van der Waals surface area contributed by atoms with Gasteiger partial charge < -0.3 is 17.2 Å². The first-order valence-corrected chi connectivity index (χ1v) is 2.38. The third-order valence-electron chi connectivity index (χ3n) is 0.348. The summed E-state index contributed by atoms with van der Waals surface area (Å²) < 4.78 is 0. The quantitative estimate of drug-likeness (QED) is 0.263. The molecule has 0 saturated heterocycles. The van der Waals surface area contributed by atoms with Gasteiger partial charge in [-0.15, -0.1) is 0 Å². The van der Waals surface area contributed by atoms with Gasteiger partial charge in [0.1, 0.15) is 0 Å². The van der Waals surface area contributed by atoms with Crippen molar-refractivity contribution in [1.29, 1.82) is 5.41 Å². The minimum Gasteiger partial charge on any atom is -0.370 e. The summed E-state index contributed by atoms with van der Waals surface area (Å²) in [7, 11) is 0. The van der Waals surface area contributed by atoms with E-state index in [1.165, 1.54) is 0 Å². The maximum Gasteiger partial charge on any atom is 0.217 e. The Bertz CT molecular complexity index is 96.7. The molecule has 0 aromatic rings. The number of nitrogens with two attached hydrogens (primary N) is 3. The van der Waals surface area contributed by atoms with E-state index in [-0.39, 0.29) is 11.9 Å². The van der Waals surface area contributed by atoms with Crippen molar-refractivity contribution in [3.63, 3.8) is 0 Å². The van der Waals surface area contributed by atoms with E-state index in [4.69, 9.17) is 5.41 Å². The fourth-order valence-corrected chi connectivity index (χ4v) is 0. The molecule has 9 heavy (non-hydrogen) atoms. The molecule has 0 aromatic heterocycles. The van der Waals surface area contributed by atoms with Crippen molar-refractivity contribution in [1.82, 2.24) is 0 Å². The number of carbonyl (C=O) groups is 1. The average molecular weight is 132 g/mol. The molecule has 0 radical (unpaired) electrons. The molecule has 0 unspecified atom stereocenters. The maximum atomic E-state index is 9.59. The zero-order chi connectivity index (χ0) is 7.86. The van der Waals surface area contributed by atoms with Gasteiger partial charge in [0, 0.05) is 6.42 Å². The van der Waals surface area contributed by atoms with Gasteiger partial charge in [-0.1, -0.05) is 6.92 Å². The van der Waals surface area contributed by atoms with Crippen LogP contribution in [0, 0.1) is 5.41 Å². The SMILES string of the molecule is CCC(N)=O.N=C(N)N. The van der Waals surface area contributed by atoms with Crippen molar-refractivity contribution in [3.8, 4) is 0 Å². The van der Waals surface area contributed by atoms with Gasteiger partial charge in [-0.25, -0.2) is 0 Å². The van der Waals surface area contributed by atoms with Crippen LogP contribution in [-0.4, -0.2) is 11.9 Å². The first-order chi connectivity index (χ1) is 4.00. The molecule has 0 atom stereocenters. The van der Waals surface area contributed by atoms with E-state index in [9.17, 15) is 4.79 Å². The van der Waals surface area contributed by atoms with Gasteiger partial charge in [0.25, 0.3) is 0 Å². The lowest BCUT2D eigenvalue weighted by Gasteiger charge is -1.73. The monoisotopic (exact) mass is 132 g/mol. The lowest BCUT2D eigenvalue weighted by molar-refractivity contribution is -0.117. The normalized spacial score (nSPS) is 6.78. The van der Waals surface area contributed by atoms with Crippen LogP contribution in [0.3, 0.4) is 0 Å². The Morgan fingerprint density at radius 1 is 1.44 bits per heavy atom. The summed E-state index contributed by atoms with van der Waals surface area (Å²) >= 11 is 0. The van der Waals surface area contributed by atoms with E-state index < -0.39 is 0 Å². The molecule has 5 nitrogen and oxygen atoms in total. The number of hydrogen-bond acceptors (Lipinski definition) is 2. The Labute approximate surface area is 53.7 Å². The van der Waals surface area contributed by atoms with Crippen LogP contribution in [-0.2, 0) is 4.79 Å². The Kier molecular flexibility index (Phi) is 7.99. The molecule has 0 spiro atoms. The van der Waals surface area contributed by atoms with Crippen LogP contribution in [0.4, 0.5) is 0 Å². The molecule has 0 aliphatic heterocycles. The number of carbonyl (C=O) groups excluding carboxylic acids is 1. The Hall–Kier alpha value is -1.26. The number of primary amides is 1. The molecular weight excluding hydrogens is 120 g/mol. The molecule has 54 valence electrons. The summed E-state index contributed by atoms with van der Waals surface area (Å²) in [5.74, 6) is -0.579. The second-order valence-electron chi connectivity index (χ2n) is 1.28. The second kappa shape index (κ2) is 6.74. The second-order valence-corrected chi connectivity index (χ2v) is 1.28. The molecule has 0 rings (SSSR count). The number of guanidine groups is 1. The summed E-state index contributed by atoms with van der Waals surface area (Å²) in [6.45, 7) is 1.72. The molecule has 1 amide bonds. The molecule has 0 bridgehead atoms. The zero-order valence-electron chi connectivity index (χ0n) is 5.35. The van der Waals surface area contributed by atoms with Crippen molar-refractivity contribution >= 4 is 11.9 Å². The molecule has 0 heterocycles. The standard InChI is InChI=1S/C3H7NO.CH5N3/c1-2-3(4)5;2-1(3)4/h2H2,1H3,(H2,4,5);(H5,2,3,4). The van der Waals surface area contributed by atoms with E-state index in [2.05, 4.69) is 17.2 Å². The van der Waals surface area contributed by atoms with Crippen molar-refractivity contribution in [2.45, 2.75) is 13.3 Å². The predicted octanol–water partition coefficient (Wildman–Crippen LogP) is -1.28. The van der Waals surface area contributed by atoms with Crippen LogP contribution in [0.15, 0.2) is 0 Å². The maximum absolute atomic E-state index is 9.59. The van der Waals surface area contributed by atoms with E-state index >= 15 is 0 Å². The third-order valence-corrected chi connectivity index (χ3v) is 0.348. The first kappa shape index (κ1) is 10.7. The van der Waals surface area contributed by atoms with Crippen LogP contribution in [0.25, 0.3) is 0 Å². The summed E-state index contributed by atoms with van der Waals surface area (Å²) in [5.41, 5.74) is 13.6. The van der Waals surface area contributed by atoms with Gasteiger partial charge in [0.15, 0.2) is 5.96 Å². The van der Waals surface area contributed by atoms with Crippen molar-refractivity contribution in [3.05, 3.63) is 0 Å². The van der Waals surface area contributed by atoms with Gasteiger partial charge >= 0.3 is 0 Å². The van der Waals surface area contributed by atoms with Crippen molar-refractivity contribution in [2.24, 2.45) is 17.2 Å². The van der Waals surface area contributed by atoms with Gasteiger partial charge in [-0.2, -0.15) is 0 Å². The summed E-state index contributed by atoms with van der Waals surface area (Å²) in [6.07, 6.45) is 0.444. The lowest BCUT2D eigenvalue weighted by atomic mass is 10.5. The van der Waals surface area contributed by atoms with Crippen molar-refractivity contribution in [2.75, 3.05) is 0 Å². The molecule has 0 aromatic carbocycles. The molecule has 0 saturated carbocycles. The largest absolute Gasteiger partial charge is 0.370 e. The Morgan fingerprint density at radius 3 is 1.56 bits per heavy atom. The number of hydrogen-bond donors (Lipinski definition) is 4. The highest BCUT2D eigenvalue weighted by Crippen LogP contribution is 1.63. The van der Waals surface area contributed by atoms with Crippen LogP contribution in [0.1, 0.15) is 13.3 Å². The molecular formula is C4H12N4O. The summed E-state index contributed by atoms with van der Waals surface area (Å²) in [5, 5.41) is 6.06. The molecule has 0 aliphatic rings. The van der Waals surface area contributed by atoms with Gasteiger partial charge in [-0.3, -0.25) is 10.2 Å². The first-order valence-electron chi connectivity index (χ1n) is 2.38. The predicted molar refractivity (Wildman–Crippen MR) is 35.6 cm³/mol. The fourth-order valence-electron chi connectivity index (χ4n) is 0. The van der Waals surface area contributed by atoms with Gasteiger partial charge in [-0.05, 0) is 0 Å². The van der Waals surface area contributed by atoms with Crippen LogP contribution in [0.2, 0.25) is 0 Å². The number of amides is 1. The van der Waals surface area contributed by atoms with E-state index in [1.54, 1.807) is 6.92 Å². The van der Waals surface area contributed by atoms with E-state index in [0.29, 0.717) is 6.42 Å². The highest BCUT2D eigenvalue weighted by molar-refractivity contribution is 5.73. The highest BCUT2D eigenvalue weighted by atomic mass is 16.1. The molecule has 0 fully saturated rings. The topological polar surface area (TPSA) is 119 Å². The van der Waals surface area contributed by atoms with Gasteiger partial charge in [0.05, 0.1) is 0 Å². The van der Waals surface area contributed by atoms with Crippen LogP contribution in [0.5, 0.6) is 0 Å². The molecule has 0 aliphatic carbocycles. The average Bonchev–Trinajstić information content (AvgIpc) is 1.65. The number of rotatable bonds is 1. The summed E-state index contributed by atoms with van der Waals surface area (Å²) in [4.78, 5) is 9.59. The Morgan fingerprint density at radius 2 is 1.56 bits per heavy atom. The smallest absolute Gasteiger partial charge is 0.217 e. The molecule has 7 N–H and O–H groups in total. The van der Waals surface area contributed by atoms with Crippen LogP contribution >= 0.6 is 0 Å². The zero-order valence-corrected chi connectivity index (χ0v) is 5.35. The van der Waals surface area contributed by atoms with E-state index in [1.807, 2.05) is 0 Å². The minimum atomic E-state index is -0.333. The summed E-state index contributed by atoms with van der Waals surface area (Å²) in [6, 6.07) is 0. The third kappa shape index (κ3) is 277. The highest BCUT2D eigenvalue weighted by Gasteiger charge is 1.77. The number of nitrogens with one attached hydrogen (secondary N) is 1. The Balaban J connectivity index is 0. The van der Waals surface area contributed by atoms with Crippen molar-refractivity contribution < 1.29 is 4.79 Å². The fraction of sp³-hybridized carbons (Fsp3) is 0.500. The minimum absolute atomic E-state index is 0.245. The lowest BCUT2D eigenvalue weighted by Crippen LogP contribution is -2.20. The van der Waals surface area contributed by atoms with E-state index in [0.717, 1.165) is 0 Å². The van der Waals surface area contributed by atoms with Crippen LogP contribution < -0.4 is 17.2 Å². The van der Waals surface area contributed by atoms with Gasteiger partial charge in [0.2, 0.25) is 5.91 Å². The molecule has 5 heteroatoms.